The lowest BCUT2D eigenvalue weighted by Gasteiger charge is -2.48. The van der Waals surface area contributed by atoms with E-state index >= 15 is 0 Å². The summed E-state index contributed by atoms with van der Waals surface area (Å²) >= 11 is 0. The molecule has 1 spiro atoms. The number of hydrogen-bond acceptors (Lipinski definition) is 7. The van der Waals surface area contributed by atoms with Gasteiger partial charge < -0.3 is 29.9 Å². The van der Waals surface area contributed by atoms with E-state index < -0.39 is 5.41 Å². The molecule has 3 amide bonds. The number of aromatic nitrogens is 3. The van der Waals surface area contributed by atoms with E-state index in [1.807, 2.05) is 50.2 Å². The van der Waals surface area contributed by atoms with Crippen molar-refractivity contribution in [1.29, 1.82) is 0 Å². The third-order valence-electron chi connectivity index (χ3n) is 12.9. The van der Waals surface area contributed by atoms with Gasteiger partial charge in [-0.05, 0) is 107 Å². The first-order valence-electron chi connectivity index (χ1n) is 20.1. The van der Waals surface area contributed by atoms with Gasteiger partial charge in [-0.15, -0.1) is 0 Å². The topological polar surface area (TPSA) is 116 Å². The molecule has 282 valence electrons. The summed E-state index contributed by atoms with van der Waals surface area (Å²) in [6.45, 7) is 9.34. The molecule has 2 saturated heterocycles. The fourth-order valence-corrected chi connectivity index (χ4v) is 9.56. The summed E-state index contributed by atoms with van der Waals surface area (Å²) in [5, 5.41) is 6.32. The minimum atomic E-state index is -0.626. The average molecular weight is 729 g/mol. The first-order chi connectivity index (χ1) is 26.1. The van der Waals surface area contributed by atoms with Crippen molar-refractivity contribution in [3.63, 3.8) is 0 Å². The Kier molecular flexibility index (Phi) is 8.75. The van der Waals surface area contributed by atoms with Crippen LogP contribution in [0.2, 0.25) is 0 Å². The standard InChI is InChI=1S/C43H52N8O3/c1-26(2)41(53)49-18-14-43(15-19-49)34-13-9-28(20-37(34)51(42(43)54)32-22-31(23-32)48-16-6-5-7-17-48)35-24-36-38(50(25-45-36)30-11-12-30)39(47-35)46-29-10-8-27(3)33(21-29)40(52)44-4/h8-10,13,20-21,24-26,30-32H,5-7,11-12,14-19,22-23H2,1-4H3,(H,44,52)(H,46,47)/t31-,32+. The van der Waals surface area contributed by atoms with Gasteiger partial charge in [0.2, 0.25) is 11.8 Å². The monoisotopic (exact) mass is 728 g/mol. The molecule has 2 aromatic carbocycles. The molecule has 2 aromatic heterocycles. The van der Waals surface area contributed by atoms with Crippen molar-refractivity contribution in [1.82, 2.24) is 29.7 Å². The van der Waals surface area contributed by atoms with E-state index in [9.17, 15) is 14.4 Å². The Morgan fingerprint density at radius 3 is 2.37 bits per heavy atom. The van der Waals surface area contributed by atoms with Crippen molar-refractivity contribution in [2.75, 3.05) is 43.4 Å². The second-order valence-corrected chi connectivity index (χ2v) is 16.7. The number of nitrogens with one attached hydrogen (secondary N) is 2. The molecular weight excluding hydrogens is 677 g/mol. The highest BCUT2D eigenvalue weighted by Crippen LogP contribution is 2.52. The quantitative estimate of drug-likeness (QED) is 0.207. The first-order valence-corrected chi connectivity index (χ1v) is 20.1. The smallest absolute Gasteiger partial charge is 0.251 e. The number of aryl methyl sites for hydroxylation is 1. The maximum absolute atomic E-state index is 14.9. The van der Waals surface area contributed by atoms with Crippen molar-refractivity contribution in [2.45, 2.75) is 102 Å². The number of amides is 3. The van der Waals surface area contributed by atoms with Crippen LogP contribution in [0.5, 0.6) is 0 Å². The van der Waals surface area contributed by atoms with Crippen molar-refractivity contribution in [3.05, 3.63) is 65.5 Å². The highest BCUT2D eigenvalue weighted by molar-refractivity contribution is 6.09. The van der Waals surface area contributed by atoms with Gasteiger partial charge in [-0.1, -0.05) is 38.5 Å². The van der Waals surface area contributed by atoms with Crippen LogP contribution in [0.25, 0.3) is 22.3 Å². The van der Waals surface area contributed by atoms with Crippen molar-refractivity contribution in [2.24, 2.45) is 5.92 Å². The van der Waals surface area contributed by atoms with Crippen LogP contribution in [0, 0.1) is 12.8 Å². The summed E-state index contributed by atoms with van der Waals surface area (Å²) in [6, 6.07) is 15.4. The van der Waals surface area contributed by atoms with Gasteiger partial charge in [0, 0.05) is 66.7 Å². The van der Waals surface area contributed by atoms with Crippen LogP contribution in [0.1, 0.15) is 99.2 Å². The van der Waals surface area contributed by atoms with Crippen molar-refractivity contribution < 1.29 is 14.4 Å². The molecular formula is C43H52N8O3. The van der Waals surface area contributed by atoms with Gasteiger partial charge >= 0.3 is 0 Å². The van der Waals surface area contributed by atoms with Crippen LogP contribution >= 0.6 is 0 Å². The minimum Gasteiger partial charge on any atom is -0.355 e. The van der Waals surface area contributed by atoms with Crippen molar-refractivity contribution in [3.8, 4) is 11.3 Å². The van der Waals surface area contributed by atoms with Gasteiger partial charge in [-0.25, -0.2) is 9.97 Å². The van der Waals surface area contributed by atoms with Crippen LogP contribution in [-0.2, 0) is 15.0 Å². The number of carbonyl (C=O) groups is 3. The maximum Gasteiger partial charge on any atom is 0.251 e. The van der Waals surface area contributed by atoms with E-state index in [0.29, 0.717) is 49.4 Å². The Balaban J connectivity index is 1.09. The molecule has 2 aliphatic carbocycles. The van der Waals surface area contributed by atoms with Gasteiger partial charge in [0.05, 0.1) is 23.0 Å². The zero-order valence-corrected chi connectivity index (χ0v) is 32.0. The Labute approximate surface area is 317 Å². The Bertz CT molecular complexity index is 2130. The van der Waals surface area contributed by atoms with E-state index in [-0.39, 0.29) is 29.7 Å². The molecule has 2 N–H and O–H groups in total. The van der Waals surface area contributed by atoms with Gasteiger partial charge in [-0.3, -0.25) is 14.4 Å². The molecule has 3 aliphatic heterocycles. The van der Waals surface area contributed by atoms with E-state index in [1.54, 1.807) is 7.05 Å². The molecule has 4 aromatic rings. The van der Waals surface area contributed by atoms with Gasteiger partial charge in [0.15, 0.2) is 5.82 Å². The lowest BCUT2D eigenvalue weighted by Crippen LogP contribution is -2.58. The third kappa shape index (κ3) is 5.86. The molecule has 4 fully saturated rings. The van der Waals surface area contributed by atoms with Gasteiger partial charge in [0.1, 0.15) is 5.52 Å². The number of benzene rings is 2. The lowest BCUT2D eigenvalue weighted by atomic mass is 9.73. The van der Waals surface area contributed by atoms with E-state index in [2.05, 4.69) is 49.3 Å². The Morgan fingerprint density at radius 1 is 0.907 bits per heavy atom. The summed E-state index contributed by atoms with van der Waals surface area (Å²) in [6.07, 6.45) is 11.2. The second-order valence-electron chi connectivity index (χ2n) is 16.7. The number of anilines is 3. The highest BCUT2D eigenvalue weighted by Gasteiger charge is 2.56. The summed E-state index contributed by atoms with van der Waals surface area (Å²) in [7, 11) is 1.65. The number of likely N-dealkylation sites (tertiary alicyclic amines) is 2. The van der Waals surface area contributed by atoms with E-state index in [1.165, 1.54) is 19.3 Å². The molecule has 2 saturated carbocycles. The normalized spacial score (nSPS) is 22.5. The largest absolute Gasteiger partial charge is 0.355 e. The SMILES string of the molecule is CNC(=O)c1cc(Nc2nc(-c3ccc4c(c3)N([C@H]3C[C@@H](N5CCCCC5)C3)C(=O)C43CCN(C(=O)C(C)C)CC3)cc3ncn(C4CC4)c23)ccc1C. The van der Waals surface area contributed by atoms with Crippen LogP contribution in [0.3, 0.4) is 0 Å². The average Bonchev–Trinajstić information content (AvgIpc) is 3.89. The van der Waals surface area contributed by atoms with Crippen molar-refractivity contribution >= 4 is 45.9 Å². The molecule has 0 radical (unpaired) electrons. The van der Waals surface area contributed by atoms with E-state index in [4.69, 9.17) is 9.97 Å². The van der Waals surface area contributed by atoms with Crippen LogP contribution in [-0.4, -0.2) is 87.4 Å². The number of nitrogens with zero attached hydrogens (tertiary/aromatic N) is 6. The fraction of sp³-hybridized carbons (Fsp3) is 0.512. The van der Waals surface area contributed by atoms with Gasteiger partial charge in [-0.2, -0.15) is 0 Å². The Hall–Kier alpha value is -4.77. The zero-order valence-electron chi connectivity index (χ0n) is 32.0. The Morgan fingerprint density at radius 2 is 1.67 bits per heavy atom. The maximum atomic E-state index is 14.9. The van der Waals surface area contributed by atoms with Crippen LogP contribution < -0.4 is 15.5 Å². The molecule has 0 unspecified atom stereocenters. The number of carbonyl (C=O) groups excluding carboxylic acids is 3. The molecule has 9 rings (SSSR count). The minimum absolute atomic E-state index is 0.0600. The predicted octanol–water partition coefficient (Wildman–Crippen LogP) is 6.72. The number of imidazole rings is 1. The van der Waals surface area contributed by atoms with E-state index in [0.717, 1.165) is 83.6 Å². The highest BCUT2D eigenvalue weighted by atomic mass is 16.2. The zero-order chi connectivity index (χ0) is 37.3. The van der Waals surface area contributed by atoms with Crippen LogP contribution in [0.15, 0.2) is 48.8 Å². The molecule has 0 bridgehead atoms. The number of piperidine rings is 2. The molecule has 54 heavy (non-hydrogen) atoms. The number of rotatable bonds is 8. The fourth-order valence-electron chi connectivity index (χ4n) is 9.56. The summed E-state index contributed by atoms with van der Waals surface area (Å²) in [4.78, 5) is 57.4. The molecule has 5 aliphatic rings. The molecule has 5 heterocycles. The summed E-state index contributed by atoms with van der Waals surface area (Å²) in [5.41, 5.74) is 7.25. The molecule has 11 nitrogen and oxygen atoms in total. The molecule has 11 heteroatoms. The summed E-state index contributed by atoms with van der Waals surface area (Å²) in [5.74, 6) is 0.862. The first kappa shape index (κ1) is 35.0. The van der Waals surface area contributed by atoms with Gasteiger partial charge in [0.25, 0.3) is 5.91 Å². The number of pyridine rings is 1. The number of fused-ring (bicyclic) bond motifs is 3. The lowest BCUT2D eigenvalue weighted by molar-refractivity contribution is -0.138. The van der Waals surface area contributed by atoms with Crippen LogP contribution in [0.4, 0.5) is 17.2 Å². The second kappa shape index (κ2) is 13.5. The molecule has 0 atom stereocenters. The predicted molar refractivity (Wildman–Crippen MR) is 211 cm³/mol. The summed E-state index contributed by atoms with van der Waals surface area (Å²) < 4.78 is 2.22. The number of hydrogen-bond donors (Lipinski definition) is 2. The third-order valence-corrected chi connectivity index (χ3v) is 12.9.